The Morgan fingerprint density at radius 1 is 0.583 bits per heavy atom. The molecule has 1 fully saturated rings. The third-order valence-electron chi connectivity index (χ3n) is 0.775. The normalized spacial score (nSPS) is 16.9. The summed E-state index contributed by atoms with van der Waals surface area (Å²) in [6.07, 6.45) is 0. The van der Waals surface area contributed by atoms with E-state index in [9.17, 15) is 38.2 Å². The van der Waals surface area contributed by atoms with Gasteiger partial charge in [0.15, 0.2) is 0 Å². The van der Waals surface area contributed by atoms with Crippen LogP contribution >= 0.6 is 50.1 Å². The zero-order valence-corrected chi connectivity index (χ0v) is 19.1. The topological polar surface area (TPSA) is 221 Å². The van der Waals surface area contributed by atoms with E-state index in [0.29, 0.717) is 0 Å². The summed E-state index contributed by atoms with van der Waals surface area (Å²) in [6, 6.07) is 0. The minimum Gasteiger partial charge on any atom is -0.790 e. The van der Waals surface area contributed by atoms with Crippen LogP contribution in [0.2, 0.25) is 0 Å². The van der Waals surface area contributed by atoms with Gasteiger partial charge in [-0.25, -0.2) is 0 Å². The Bertz CT molecular complexity index is 370. The molecule has 0 aliphatic carbocycles. The molecule has 1 rings (SSSR count). The molecule has 24 heavy (non-hydrogen) atoms. The van der Waals surface area contributed by atoms with Gasteiger partial charge >= 0.3 is 94.3 Å². The summed E-state index contributed by atoms with van der Waals surface area (Å²) < 4.78 is 34.7. The maximum Gasteiger partial charge on any atom is 1.00 e. The summed E-state index contributed by atoms with van der Waals surface area (Å²) in [6.45, 7) is 0. The molecule has 0 saturated carbocycles. The summed E-state index contributed by atoms with van der Waals surface area (Å²) in [5.41, 5.74) is 0. The predicted molar refractivity (Wildman–Crippen MR) is 59.3 cm³/mol. The van der Waals surface area contributed by atoms with Crippen LogP contribution in [0, 0.1) is 0 Å². The minimum atomic E-state index is -5.97. The number of rotatable bonds is 4. The third-order valence-corrected chi connectivity index (χ3v) is 6.97. The maximum atomic E-state index is 10.1. The molecule has 0 unspecified atom stereocenters. The largest absolute Gasteiger partial charge is 1.00 e. The van der Waals surface area contributed by atoms with Crippen LogP contribution in [-0.4, -0.2) is 0 Å². The molecule has 1 saturated heterocycles. The van der Waals surface area contributed by atoms with Crippen LogP contribution in [0.4, 0.5) is 0 Å². The summed E-state index contributed by atoms with van der Waals surface area (Å²) >= 11 is 0. The second-order valence-electron chi connectivity index (χ2n) is 2.25. The standard InChI is InChI=1S/5Li.H6N3P3.H5O10P3/c;;;;;1-4-2-6-3-5-1;1-11(2,3)9-13(7,8)10-12(4,5)6/h;;;;;1-6H;(H,7,8)(H2,1,2,3)(H2,4,5,6)/q5*+1;;/p-5. The van der Waals surface area contributed by atoms with Crippen molar-refractivity contribution in [2.45, 2.75) is 0 Å². The first-order chi connectivity index (χ1) is 8.41. The van der Waals surface area contributed by atoms with Crippen molar-refractivity contribution < 1.29 is 141 Å². The van der Waals surface area contributed by atoms with E-state index >= 15 is 0 Å². The predicted octanol–water partition coefficient (Wildman–Crippen LogP) is -18.5. The number of phosphoric acid groups is 3. The van der Waals surface area contributed by atoms with E-state index in [2.05, 4.69) is 23.2 Å². The molecule has 3 N–H and O–H groups in total. The summed E-state index contributed by atoms with van der Waals surface area (Å²) in [7, 11) is -15.6. The third kappa shape index (κ3) is 34.1. The van der Waals surface area contributed by atoms with Gasteiger partial charge in [-0.2, -0.15) is 0 Å². The summed E-state index contributed by atoms with van der Waals surface area (Å²) in [5, 5.41) is 0. The quantitative estimate of drug-likeness (QED) is 0.280. The van der Waals surface area contributed by atoms with Gasteiger partial charge in [0.2, 0.25) is 0 Å². The van der Waals surface area contributed by atoms with Crippen molar-refractivity contribution in [2.75, 3.05) is 0 Å². The maximum absolute atomic E-state index is 10.1. The Labute approximate surface area is 203 Å². The molecule has 13 nitrogen and oxygen atoms in total. The smallest absolute Gasteiger partial charge is 0.790 e. The molecule has 116 valence electrons. The minimum absolute atomic E-state index is 0. The Kier molecular flexibility index (Phi) is 37.0. The second kappa shape index (κ2) is 20.8. The zero-order chi connectivity index (χ0) is 15.2. The van der Waals surface area contributed by atoms with E-state index < -0.39 is 23.5 Å². The van der Waals surface area contributed by atoms with Crippen LogP contribution in [0.3, 0.4) is 0 Å². The van der Waals surface area contributed by atoms with Crippen molar-refractivity contribution in [1.29, 1.82) is 0 Å². The van der Waals surface area contributed by atoms with Crippen molar-refractivity contribution in [3.8, 4) is 0 Å². The van der Waals surface area contributed by atoms with E-state index in [1.54, 1.807) is 0 Å². The van der Waals surface area contributed by atoms with Crippen LogP contribution in [0.25, 0.3) is 0 Å². The molecule has 24 heteroatoms. The number of hydrogen-bond acceptors (Lipinski definition) is 13. The van der Waals surface area contributed by atoms with Gasteiger partial charge in [0.25, 0.3) is 7.82 Å². The molecule has 0 aromatic rings. The number of hydrogen-bond donors (Lipinski definition) is 3. The van der Waals surface area contributed by atoms with Crippen LogP contribution in [0.15, 0.2) is 0 Å². The van der Waals surface area contributed by atoms with Gasteiger partial charge in [-0.1, -0.05) is 0 Å². The van der Waals surface area contributed by atoms with Crippen LogP contribution in [0.1, 0.15) is 0 Å². The summed E-state index contributed by atoms with van der Waals surface area (Å²) in [4.78, 5) is 58.0. The van der Waals surface area contributed by atoms with Crippen molar-refractivity contribution >= 4 is 50.1 Å². The molecular formula is H6Li5N3O10P6. The molecule has 1 heterocycles. The molecule has 1 aliphatic heterocycles. The van der Waals surface area contributed by atoms with Gasteiger partial charge in [0.1, 0.15) is 0 Å². The van der Waals surface area contributed by atoms with Gasteiger partial charge in [0, 0.05) is 26.6 Å². The van der Waals surface area contributed by atoms with Gasteiger partial charge in [-0.05, 0) is 0 Å². The summed E-state index contributed by atoms with van der Waals surface area (Å²) in [5.74, 6) is 0. The van der Waals surface area contributed by atoms with E-state index in [1.165, 1.54) is 0 Å². The van der Waals surface area contributed by atoms with E-state index in [1.807, 2.05) is 0 Å². The monoisotopic (exact) mass is 429 g/mol. The fraction of sp³-hybridized carbons (Fsp3) is 0. The fourth-order valence-corrected chi connectivity index (χ4v) is 5.98. The van der Waals surface area contributed by atoms with Crippen LogP contribution in [0.5, 0.6) is 0 Å². The molecule has 0 aromatic heterocycles. The Hall–Kier alpha value is 4.57. The van der Waals surface area contributed by atoms with Crippen LogP contribution < -0.4 is 133 Å². The Balaban J connectivity index is -0.0000000641. The first-order valence-electron chi connectivity index (χ1n) is 3.69. The average molecular weight is 429 g/mol. The zero-order valence-electron chi connectivity index (χ0n) is 13.4. The molecule has 1 aliphatic rings. The first kappa shape index (κ1) is 42.6. The fourth-order valence-electron chi connectivity index (χ4n) is 0.447. The SMILES string of the molecule is N1PNPNP1.O=P([O-])([O-])OP(=O)([O-])OP(=O)([O-])[O-].[Li+].[Li+].[Li+].[Li+].[Li+]. The van der Waals surface area contributed by atoms with E-state index in [4.69, 9.17) is 0 Å². The first-order valence-corrected chi connectivity index (χ1v) is 11.1. The van der Waals surface area contributed by atoms with E-state index in [-0.39, 0.29) is 94.3 Å². The second-order valence-corrected chi connectivity index (χ2v) is 9.99. The molecule has 0 aromatic carbocycles. The molecule has 0 amide bonds. The van der Waals surface area contributed by atoms with Gasteiger partial charge < -0.3 is 33.6 Å². The Morgan fingerprint density at radius 2 is 0.792 bits per heavy atom. The van der Waals surface area contributed by atoms with Gasteiger partial charge in [-0.15, -0.1) is 0 Å². The van der Waals surface area contributed by atoms with Gasteiger partial charge in [0.05, 0.1) is 15.6 Å². The van der Waals surface area contributed by atoms with E-state index in [0.717, 1.165) is 26.6 Å². The molecule has 0 atom stereocenters. The molecule has 0 radical (unpaired) electrons. The van der Waals surface area contributed by atoms with Crippen LogP contribution in [-0.2, 0) is 22.3 Å². The molecule has 0 spiro atoms. The van der Waals surface area contributed by atoms with Crippen molar-refractivity contribution in [3.05, 3.63) is 0 Å². The van der Waals surface area contributed by atoms with Gasteiger partial charge in [-0.3, -0.25) is 27.8 Å². The van der Waals surface area contributed by atoms with Crippen molar-refractivity contribution in [2.24, 2.45) is 0 Å². The molecule has 0 bridgehead atoms. The Morgan fingerprint density at radius 3 is 0.917 bits per heavy atom. The number of nitrogens with one attached hydrogen (secondary N) is 3. The van der Waals surface area contributed by atoms with Crippen molar-refractivity contribution in [1.82, 2.24) is 14.6 Å². The molecular weight excluding hydrogens is 423 g/mol. The van der Waals surface area contributed by atoms with Crippen molar-refractivity contribution in [3.63, 3.8) is 0 Å². The average Bonchev–Trinajstić information content (AvgIpc) is 2.13.